The molecule has 0 radical (unpaired) electrons. The van der Waals surface area contributed by atoms with Gasteiger partial charge in [0.2, 0.25) is 5.79 Å². The van der Waals surface area contributed by atoms with Gasteiger partial charge in [-0.3, -0.25) is 0 Å². The molecule has 1 aliphatic heterocycles. The average molecular weight is 523 g/mol. The van der Waals surface area contributed by atoms with E-state index >= 15 is 0 Å². The van der Waals surface area contributed by atoms with Crippen molar-refractivity contribution in [3.63, 3.8) is 0 Å². The lowest BCUT2D eigenvalue weighted by Gasteiger charge is -2.34. The number of nitrogen functional groups attached to an aromatic ring is 1. The minimum Gasteiger partial charge on any atom is -0.459 e. The Morgan fingerprint density at radius 1 is 1.05 bits per heavy atom. The fraction of sp³-hybridized carbons (Fsp3) is 0.231. The number of benzene rings is 2. The van der Waals surface area contributed by atoms with Crippen molar-refractivity contribution >= 4 is 34.9 Å². The van der Waals surface area contributed by atoms with Gasteiger partial charge in [-0.1, -0.05) is 36.4 Å². The number of carbonyl (C=O) groups excluding carboxylic acids is 2. The normalized spacial score (nSPS) is 25.2. The maximum atomic E-state index is 13.0. The molecule has 1 unspecified atom stereocenters. The van der Waals surface area contributed by atoms with Gasteiger partial charge in [-0.15, -0.1) is 11.6 Å². The van der Waals surface area contributed by atoms with Gasteiger partial charge in [-0.05, 0) is 43.3 Å². The van der Waals surface area contributed by atoms with Crippen LogP contribution in [-0.4, -0.2) is 55.3 Å². The molecule has 2 aromatic heterocycles. The molecule has 4 atom stereocenters. The van der Waals surface area contributed by atoms with Gasteiger partial charge in [0, 0.05) is 0 Å². The number of alkyl halides is 1. The fourth-order valence-corrected chi connectivity index (χ4v) is 4.67. The predicted molar refractivity (Wildman–Crippen MR) is 133 cm³/mol. The van der Waals surface area contributed by atoms with E-state index in [4.69, 9.17) is 31.5 Å². The van der Waals surface area contributed by atoms with Crippen molar-refractivity contribution in [2.45, 2.75) is 29.8 Å². The summed E-state index contributed by atoms with van der Waals surface area (Å²) in [5.74, 6) is -3.35. The van der Waals surface area contributed by atoms with Crippen LogP contribution in [0.1, 0.15) is 33.3 Å². The maximum Gasteiger partial charge on any atom is 0.338 e. The van der Waals surface area contributed by atoms with Crippen LogP contribution in [0.2, 0.25) is 0 Å². The summed E-state index contributed by atoms with van der Waals surface area (Å²) < 4.78 is 18.6. The third kappa shape index (κ3) is 4.29. The van der Waals surface area contributed by atoms with Crippen LogP contribution in [0.15, 0.2) is 79.1 Å². The summed E-state index contributed by atoms with van der Waals surface area (Å²) in [5.41, 5.74) is 7.10. The second kappa shape index (κ2) is 9.47. The second-order valence-electron chi connectivity index (χ2n) is 8.69. The van der Waals surface area contributed by atoms with Crippen molar-refractivity contribution in [2.75, 3.05) is 12.3 Å². The third-order valence-corrected chi connectivity index (χ3v) is 6.79. The highest BCUT2D eigenvalue weighted by molar-refractivity contribution is 6.25. The van der Waals surface area contributed by atoms with Crippen LogP contribution >= 0.6 is 11.6 Å². The number of nitrogens with two attached hydrogens (primary N) is 1. The quantitative estimate of drug-likeness (QED) is 0.289. The number of halogens is 1. The zero-order valence-corrected chi connectivity index (χ0v) is 20.4. The molecule has 4 aromatic rings. The van der Waals surface area contributed by atoms with Crippen molar-refractivity contribution in [1.82, 2.24) is 14.6 Å². The molecule has 3 heterocycles. The van der Waals surface area contributed by atoms with Gasteiger partial charge in [-0.2, -0.15) is 5.10 Å². The molecular formula is C26H23ClN4O6. The number of hydrogen-bond acceptors (Lipinski definition) is 9. The Bertz CT molecular complexity index is 1450. The van der Waals surface area contributed by atoms with Crippen molar-refractivity contribution in [2.24, 2.45) is 0 Å². The van der Waals surface area contributed by atoms with Crippen molar-refractivity contribution in [3.8, 4) is 0 Å². The highest BCUT2D eigenvalue weighted by Gasteiger charge is 2.66. The zero-order valence-electron chi connectivity index (χ0n) is 19.7. The molecule has 1 saturated heterocycles. The Morgan fingerprint density at radius 2 is 1.68 bits per heavy atom. The summed E-state index contributed by atoms with van der Waals surface area (Å²) in [6.45, 7) is 1.12. The topological polar surface area (TPSA) is 138 Å². The third-order valence-electron chi connectivity index (χ3n) is 6.32. The van der Waals surface area contributed by atoms with Crippen LogP contribution < -0.4 is 5.73 Å². The molecule has 0 saturated carbocycles. The van der Waals surface area contributed by atoms with Crippen LogP contribution in [0.3, 0.4) is 0 Å². The summed E-state index contributed by atoms with van der Waals surface area (Å²) in [7, 11) is 0. The Morgan fingerprint density at radius 3 is 2.32 bits per heavy atom. The summed E-state index contributed by atoms with van der Waals surface area (Å²) in [4.78, 5) is 27.8. The molecule has 1 aliphatic rings. The van der Waals surface area contributed by atoms with Gasteiger partial charge < -0.3 is 25.1 Å². The number of carbonyl (C=O) groups is 2. The number of fused-ring (bicyclic) bond motifs is 1. The first-order chi connectivity index (χ1) is 17.7. The van der Waals surface area contributed by atoms with E-state index in [0.717, 1.165) is 0 Å². The van der Waals surface area contributed by atoms with Gasteiger partial charge in [0.1, 0.15) is 35.1 Å². The number of esters is 2. The predicted octanol–water partition coefficient (Wildman–Crippen LogP) is 2.94. The highest BCUT2D eigenvalue weighted by atomic mass is 35.5. The molecule has 0 amide bonds. The summed E-state index contributed by atoms with van der Waals surface area (Å²) in [6.07, 6.45) is -1.14. The van der Waals surface area contributed by atoms with E-state index in [1.54, 1.807) is 66.7 Å². The first-order valence-electron chi connectivity index (χ1n) is 11.4. The van der Waals surface area contributed by atoms with E-state index in [9.17, 15) is 14.7 Å². The summed E-state index contributed by atoms with van der Waals surface area (Å²) in [5, 5.41) is 16.0. The first kappa shape index (κ1) is 24.7. The van der Waals surface area contributed by atoms with E-state index in [-0.39, 0.29) is 23.7 Å². The van der Waals surface area contributed by atoms with Crippen molar-refractivity contribution in [1.29, 1.82) is 0 Å². The van der Waals surface area contributed by atoms with Gasteiger partial charge in [0.25, 0.3) is 0 Å². The number of hydrogen-bond donors (Lipinski definition) is 2. The molecule has 0 spiro atoms. The minimum atomic E-state index is -2.23. The van der Waals surface area contributed by atoms with E-state index in [1.807, 2.05) is 0 Å². The van der Waals surface area contributed by atoms with Crippen molar-refractivity contribution < 1.29 is 28.9 Å². The van der Waals surface area contributed by atoms with Crippen LogP contribution in [-0.2, 0) is 20.0 Å². The zero-order chi connectivity index (χ0) is 26.2. The largest absolute Gasteiger partial charge is 0.459 e. The number of anilines is 1. The molecule has 5 rings (SSSR count). The molecule has 3 N–H and O–H groups in total. The smallest absolute Gasteiger partial charge is 0.338 e. The molecule has 0 bridgehead atoms. The van der Waals surface area contributed by atoms with Gasteiger partial charge in [0.05, 0.1) is 11.1 Å². The van der Waals surface area contributed by atoms with E-state index in [1.165, 1.54) is 23.8 Å². The molecule has 11 heteroatoms. The van der Waals surface area contributed by atoms with Crippen LogP contribution in [0.5, 0.6) is 0 Å². The Kier molecular flexibility index (Phi) is 6.32. The Labute approximate surface area is 216 Å². The van der Waals surface area contributed by atoms with Crippen LogP contribution in [0, 0.1) is 0 Å². The molecule has 2 aromatic carbocycles. The van der Waals surface area contributed by atoms with E-state index in [0.29, 0.717) is 11.1 Å². The number of nitrogens with zero attached hydrogens (tertiary/aromatic N) is 3. The lowest BCUT2D eigenvalue weighted by molar-refractivity contribution is -0.220. The van der Waals surface area contributed by atoms with E-state index < -0.39 is 34.8 Å². The Balaban J connectivity index is 1.50. The Hall–Kier alpha value is -3.99. The number of ether oxygens (including phenoxy) is 3. The number of rotatable bonds is 6. The van der Waals surface area contributed by atoms with Crippen LogP contribution in [0.25, 0.3) is 5.52 Å². The second-order valence-corrected chi connectivity index (χ2v) is 9.48. The fourth-order valence-electron chi connectivity index (χ4n) is 4.34. The number of aliphatic hydroxyl groups is 1. The molecule has 190 valence electrons. The highest BCUT2D eigenvalue weighted by Crippen LogP contribution is 2.51. The van der Waals surface area contributed by atoms with Gasteiger partial charge in [0.15, 0.2) is 11.9 Å². The minimum absolute atomic E-state index is 0.131. The van der Waals surface area contributed by atoms with E-state index in [2.05, 4.69) is 10.1 Å². The summed E-state index contributed by atoms with van der Waals surface area (Å²) in [6, 6.07) is 19.8. The molecule has 0 aliphatic carbocycles. The maximum absolute atomic E-state index is 13.0. The van der Waals surface area contributed by atoms with Gasteiger partial charge >= 0.3 is 11.9 Å². The van der Waals surface area contributed by atoms with Crippen molar-refractivity contribution in [3.05, 3.63) is 95.9 Å². The monoisotopic (exact) mass is 522 g/mol. The average Bonchev–Trinajstić information content (AvgIpc) is 3.43. The molecule has 10 nitrogen and oxygen atoms in total. The lowest BCUT2D eigenvalue weighted by Crippen LogP contribution is -2.50. The standard InChI is InChI=1S/C26H23ClN4O6/c1-25(27)21(36-24(33)17-10-6-3-7-11-17)19(14-35-23(32)16-8-4-2-5-9-16)37-26(25,34)20-13-12-18-22(28)29-15-30-31(18)20/h2-13,15,19,21,34H,14H2,1H3,(H2,28,29,30)/t19-,21-,25-,26?/m1/s1. The summed E-state index contributed by atoms with van der Waals surface area (Å²) >= 11 is 6.95. The molecule has 1 fully saturated rings. The number of aromatic nitrogens is 3. The van der Waals surface area contributed by atoms with Gasteiger partial charge in [-0.25, -0.2) is 19.1 Å². The first-order valence-corrected chi connectivity index (χ1v) is 11.8. The SMILES string of the molecule is C[C@@]1(Cl)[C@H](OC(=O)c2ccccc2)[C@@H](COC(=O)c2ccccc2)OC1(O)c1ccc2c(N)ncnn12. The lowest BCUT2D eigenvalue weighted by atomic mass is 9.92. The molecular weight excluding hydrogens is 500 g/mol. The molecule has 37 heavy (non-hydrogen) atoms. The van der Waals surface area contributed by atoms with Crippen LogP contribution in [0.4, 0.5) is 5.82 Å².